The Labute approximate surface area is 198 Å². The van der Waals surface area contributed by atoms with E-state index in [-0.39, 0.29) is 36.8 Å². The lowest BCUT2D eigenvalue weighted by molar-refractivity contribution is -0.143. The van der Waals surface area contributed by atoms with Crippen molar-refractivity contribution in [1.29, 1.82) is 0 Å². The van der Waals surface area contributed by atoms with Crippen molar-refractivity contribution in [3.8, 4) is 5.75 Å². The number of nitrogens with one attached hydrogen (secondary N) is 1. The number of aryl methyl sites for hydroxylation is 1. The van der Waals surface area contributed by atoms with E-state index in [1.165, 1.54) is 17.0 Å². The molecule has 0 aliphatic rings. The van der Waals surface area contributed by atoms with E-state index in [0.29, 0.717) is 12.2 Å². The molecule has 2 aromatic rings. The van der Waals surface area contributed by atoms with Crippen LogP contribution in [0.15, 0.2) is 46.9 Å². The molecule has 1 N–H and O–H groups in total. The lowest BCUT2D eigenvalue weighted by atomic mass is 10.1. The second kappa shape index (κ2) is 12.6. The number of benzene rings is 2. The zero-order valence-corrected chi connectivity index (χ0v) is 20.7. The maximum Gasteiger partial charge on any atom is 0.261 e. The Bertz CT molecular complexity index is 905. The lowest BCUT2D eigenvalue weighted by Crippen LogP contribution is -2.51. The lowest BCUT2D eigenvalue weighted by Gasteiger charge is -2.31. The van der Waals surface area contributed by atoms with E-state index in [1.54, 1.807) is 12.1 Å². The Morgan fingerprint density at radius 3 is 2.28 bits per heavy atom. The second-order valence-corrected chi connectivity index (χ2v) is 8.65. The predicted octanol–water partition coefficient (Wildman–Crippen LogP) is 5.25. The Morgan fingerprint density at radius 2 is 1.72 bits per heavy atom. The van der Waals surface area contributed by atoms with E-state index < -0.39 is 6.04 Å². The highest BCUT2D eigenvalue weighted by atomic mass is 79.9. The van der Waals surface area contributed by atoms with Crippen LogP contribution in [0.4, 0.5) is 4.39 Å². The van der Waals surface area contributed by atoms with E-state index in [9.17, 15) is 14.0 Å². The highest BCUT2D eigenvalue weighted by molar-refractivity contribution is 9.10. The van der Waals surface area contributed by atoms with Crippen molar-refractivity contribution in [3.63, 3.8) is 0 Å². The van der Waals surface area contributed by atoms with Crippen molar-refractivity contribution < 1.29 is 18.7 Å². The molecule has 2 unspecified atom stereocenters. The average Bonchev–Trinajstić information content (AvgIpc) is 2.78. The highest BCUT2D eigenvalue weighted by Crippen LogP contribution is 2.26. The molecule has 0 bridgehead atoms. The molecule has 0 heterocycles. The standard InChI is InChI=1S/C25H32BrFN2O3/c1-5-17(4)28-25(31)22(7-3)29(15-19-8-11-20(27)12-9-19)24(30)16-32-23-13-10-18(6-2)14-21(23)26/h8-14,17,22H,5-7,15-16H2,1-4H3,(H,28,31). The fourth-order valence-electron chi connectivity index (χ4n) is 3.25. The topological polar surface area (TPSA) is 58.6 Å². The zero-order chi connectivity index (χ0) is 23.7. The van der Waals surface area contributed by atoms with Crippen molar-refractivity contribution >= 4 is 27.7 Å². The number of ether oxygens (including phenoxy) is 1. The van der Waals surface area contributed by atoms with Gasteiger partial charge in [-0.25, -0.2) is 4.39 Å². The summed E-state index contributed by atoms with van der Waals surface area (Å²) in [6.45, 7) is 7.82. The summed E-state index contributed by atoms with van der Waals surface area (Å²) in [4.78, 5) is 27.6. The fraction of sp³-hybridized carbons (Fsp3) is 0.440. The Hall–Kier alpha value is -2.41. The van der Waals surface area contributed by atoms with Gasteiger partial charge in [0.05, 0.1) is 4.47 Å². The van der Waals surface area contributed by atoms with Crippen LogP contribution in [0.3, 0.4) is 0 Å². The van der Waals surface area contributed by atoms with E-state index in [4.69, 9.17) is 4.74 Å². The quantitative estimate of drug-likeness (QED) is 0.452. The fourth-order valence-corrected chi connectivity index (χ4v) is 3.79. The molecule has 2 aromatic carbocycles. The third-order valence-electron chi connectivity index (χ3n) is 5.41. The molecule has 0 aliphatic heterocycles. The second-order valence-electron chi connectivity index (χ2n) is 7.80. The van der Waals surface area contributed by atoms with Gasteiger partial charge in [0.25, 0.3) is 5.91 Å². The van der Waals surface area contributed by atoms with Crippen LogP contribution in [-0.4, -0.2) is 35.4 Å². The molecule has 5 nitrogen and oxygen atoms in total. The molecule has 0 aliphatic carbocycles. The summed E-state index contributed by atoms with van der Waals surface area (Å²) < 4.78 is 19.9. The molecule has 7 heteroatoms. The number of amides is 2. The normalized spacial score (nSPS) is 12.7. The van der Waals surface area contributed by atoms with Gasteiger partial charge in [0, 0.05) is 12.6 Å². The first-order valence-corrected chi connectivity index (χ1v) is 11.8. The first-order valence-electron chi connectivity index (χ1n) is 11.0. The number of hydrogen-bond acceptors (Lipinski definition) is 3. The molecule has 2 atom stereocenters. The SMILES string of the molecule is CCc1ccc(OCC(=O)N(Cc2ccc(F)cc2)C(CC)C(=O)NC(C)CC)c(Br)c1. The van der Waals surface area contributed by atoms with Crippen molar-refractivity contribution in [2.45, 2.75) is 65.6 Å². The molecule has 0 radical (unpaired) electrons. The number of hydrogen-bond donors (Lipinski definition) is 1. The smallest absolute Gasteiger partial charge is 0.261 e. The molecule has 0 saturated heterocycles. The maximum atomic E-state index is 13.3. The van der Waals surface area contributed by atoms with Gasteiger partial charge < -0.3 is 15.0 Å². The Kier molecular flexibility index (Phi) is 10.2. The number of nitrogens with zero attached hydrogens (tertiary/aromatic N) is 1. The van der Waals surface area contributed by atoms with E-state index in [2.05, 4.69) is 28.2 Å². The van der Waals surface area contributed by atoms with Gasteiger partial charge in [-0.15, -0.1) is 0 Å². The third-order valence-corrected chi connectivity index (χ3v) is 6.03. The molecule has 0 spiro atoms. The summed E-state index contributed by atoms with van der Waals surface area (Å²) >= 11 is 3.49. The minimum absolute atomic E-state index is 0.00334. The van der Waals surface area contributed by atoms with Crippen LogP contribution in [0.2, 0.25) is 0 Å². The van der Waals surface area contributed by atoms with Gasteiger partial charge in [-0.05, 0) is 77.5 Å². The van der Waals surface area contributed by atoms with Crippen LogP contribution in [0.5, 0.6) is 5.75 Å². The summed E-state index contributed by atoms with van der Waals surface area (Å²) in [6.07, 6.45) is 2.13. The summed E-state index contributed by atoms with van der Waals surface area (Å²) in [5.74, 6) is -0.302. The highest BCUT2D eigenvalue weighted by Gasteiger charge is 2.29. The van der Waals surface area contributed by atoms with Gasteiger partial charge in [-0.3, -0.25) is 9.59 Å². The summed E-state index contributed by atoms with van der Waals surface area (Å²) in [5.41, 5.74) is 1.89. The summed E-state index contributed by atoms with van der Waals surface area (Å²) in [7, 11) is 0. The number of carbonyl (C=O) groups is 2. The van der Waals surface area contributed by atoms with Gasteiger partial charge in [-0.2, -0.15) is 0 Å². The van der Waals surface area contributed by atoms with Crippen LogP contribution in [0, 0.1) is 5.82 Å². The van der Waals surface area contributed by atoms with Crippen molar-refractivity contribution in [3.05, 3.63) is 63.9 Å². The molecular weight excluding hydrogens is 475 g/mol. The first kappa shape index (κ1) is 25.8. The Balaban J connectivity index is 2.22. The molecular formula is C25H32BrFN2O3. The average molecular weight is 507 g/mol. The first-order chi connectivity index (χ1) is 15.3. The van der Waals surface area contributed by atoms with Crippen molar-refractivity contribution in [2.24, 2.45) is 0 Å². The molecule has 0 saturated carbocycles. The van der Waals surface area contributed by atoms with Crippen LogP contribution in [0.1, 0.15) is 51.7 Å². The van der Waals surface area contributed by atoms with E-state index in [1.807, 2.05) is 39.0 Å². The molecule has 174 valence electrons. The minimum Gasteiger partial charge on any atom is -0.483 e. The largest absolute Gasteiger partial charge is 0.483 e. The maximum absolute atomic E-state index is 13.3. The predicted molar refractivity (Wildman–Crippen MR) is 128 cm³/mol. The van der Waals surface area contributed by atoms with Gasteiger partial charge >= 0.3 is 0 Å². The van der Waals surface area contributed by atoms with Gasteiger partial charge in [-0.1, -0.05) is 39.0 Å². The van der Waals surface area contributed by atoms with Crippen LogP contribution in [-0.2, 0) is 22.6 Å². The van der Waals surface area contributed by atoms with E-state index >= 15 is 0 Å². The Morgan fingerprint density at radius 1 is 1.06 bits per heavy atom. The van der Waals surface area contributed by atoms with Crippen molar-refractivity contribution in [1.82, 2.24) is 10.2 Å². The number of rotatable bonds is 11. The third kappa shape index (κ3) is 7.33. The molecule has 0 aromatic heterocycles. The molecule has 32 heavy (non-hydrogen) atoms. The number of carbonyl (C=O) groups excluding carboxylic acids is 2. The minimum atomic E-state index is -0.656. The van der Waals surface area contributed by atoms with Crippen LogP contribution >= 0.6 is 15.9 Å². The monoisotopic (exact) mass is 506 g/mol. The van der Waals surface area contributed by atoms with E-state index in [0.717, 1.165) is 28.4 Å². The zero-order valence-electron chi connectivity index (χ0n) is 19.2. The van der Waals surface area contributed by atoms with Crippen molar-refractivity contribution in [2.75, 3.05) is 6.61 Å². The molecule has 2 rings (SSSR count). The molecule has 2 amide bonds. The van der Waals surface area contributed by atoms with Crippen LogP contribution < -0.4 is 10.1 Å². The van der Waals surface area contributed by atoms with Crippen LogP contribution in [0.25, 0.3) is 0 Å². The molecule has 0 fully saturated rings. The number of halogens is 2. The van der Waals surface area contributed by atoms with Gasteiger partial charge in [0.2, 0.25) is 5.91 Å². The van der Waals surface area contributed by atoms with Gasteiger partial charge in [0.1, 0.15) is 17.6 Å². The summed E-state index contributed by atoms with van der Waals surface area (Å²) in [6, 6.07) is 11.0. The summed E-state index contributed by atoms with van der Waals surface area (Å²) in [5, 5.41) is 2.97. The van der Waals surface area contributed by atoms with Gasteiger partial charge in [0.15, 0.2) is 6.61 Å².